The van der Waals surface area contributed by atoms with E-state index in [4.69, 9.17) is 0 Å². The highest BCUT2D eigenvalue weighted by molar-refractivity contribution is 7.91. The van der Waals surface area contributed by atoms with Gasteiger partial charge in [-0.25, -0.2) is 18.1 Å². The summed E-state index contributed by atoms with van der Waals surface area (Å²) in [6.07, 6.45) is 3.25. The summed E-state index contributed by atoms with van der Waals surface area (Å²) in [5.74, 6) is 0.599. The summed E-state index contributed by atoms with van der Waals surface area (Å²) in [5, 5.41) is 0. The predicted molar refractivity (Wildman–Crippen MR) is 66.4 cm³/mol. The molecular weight excluding hydrogens is 258 g/mol. The van der Waals surface area contributed by atoms with Gasteiger partial charge >= 0.3 is 0 Å². The Morgan fingerprint density at radius 1 is 1.47 bits per heavy atom. The van der Waals surface area contributed by atoms with E-state index in [0.29, 0.717) is 10.0 Å². The van der Waals surface area contributed by atoms with E-state index in [-0.39, 0.29) is 6.04 Å². The number of H-pyrrole nitrogens is 1. The van der Waals surface area contributed by atoms with Crippen LogP contribution in [0.2, 0.25) is 0 Å². The molecule has 2 heterocycles. The van der Waals surface area contributed by atoms with E-state index in [1.165, 1.54) is 11.3 Å². The van der Waals surface area contributed by atoms with E-state index >= 15 is 0 Å². The molecule has 92 valence electrons. The van der Waals surface area contributed by atoms with Crippen molar-refractivity contribution in [1.29, 1.82) is 0 Å². The number of nitrogens with one attached hydrogen (secondary N) is 2. The molecule has 0 saturated heterocycles. The van der Waals surface area contributed by atoms with E-state index in [2.05, 4.69) is 14.7 Å². The molecule has 0 aliphatic heterocycles. The van der Waals surface area contributed by atoms with Crippen molar-refractivity contribution in [2.45, 2.75) is 24.1 Å². The van der Waals surface area contributed by atoms with Crippen LogP contribution in [0.25, 0.3) is 0 Å². The number of thiophene rings is 1. The van der Waals surface area contributed by atoms with Gasteiger partial charge in [-0.1, -0.05) is 0 Å². The van der Waals surface area contributed by atoms with Crippen LogP contribution in [-0.4, -0.2) is 18.4 Å². The van der Waals surface area contributed by atoms with Crippen LogP contribution in [0.5, 0.6) is 0 Å². The average Bonchev–Trinajstić information content (AvgIpc) is 2.86. The van der Waals surface area contributed by atoms with Crippen LogP contribution in [0.3, 0.4) is 0 Å². The number of sulfonamides is 1. The van der Waals surface area contributed by atoms with Gasteiger partial charge in [0.25, 0.3) is 10.0 Å². The van der Waals surface area contributed by atoms with Crippen LogP contribution in [0, 0.1) is 6.92 Å². The van der Waals surface area contributed by atoms with Crippen molar-refractivity contribution in [2.75, 3.05) is 0 Å². The maximum atomic E-state index is 12.0. The van der Waals surface area contributed by atoms with Gasteiger partial charge < -0.3 is 4.98 Å². The quantitative estimate of drug-likeness (QED) is 0.890. The average molecular weight is 271 g/mol. The van der Waals surface area contributed by atoms with E-state index in [0.717, 1.165) is 4.88 Å². The van der Waals surface area contributed by atoms with Crippen LogP contribution in [0.4, 0.5) is 0 Å². The minimum Gasteiger partial charge on any atom is -0.347 e. The zero-order valence-electron chi connectivity index (χ0n) is 9.47. The first-order chi connectivity index (χ1) is 7.99. The molecule has 0 bridgehead atoms. The van der Waals surface area contributed by atoms with Crippen molar-refractivity contribution in [3.63, 3.8) is 0 Å². The fourth-order valence-electron chi connectivity index (χ4n) is 1.42. The molecule has 0 radical (unpaired) electrons. The first-order valence-corrected chi connectivity index (χ1v) is 7.37. The number of aromatic nitrogens is 2. The highest BCUT2D eigenvalue weighted by atomic mass is 32.2. The Balaban J connectivity index is 2.18. The smallest absolute Gasteiger partial charge is 0.250 e. The third-order valence-corrected chi connectivity index (χ3v) is 5.28. The second-order valence-corrected chi connectivity index (χ2v) is 6.91. The third kappa shape index (κ3) is 2.74. The molecule has 0 amide bonds. The molecule has 2 N–H and O–H groups in total. The Bertz CT molecular complexity index is 587. The van der Waals surface area contributed by atoms with Gasteiger partial charge in [0.2, 0.25) is 0 Å². The summed E-state index contributed by atoms with van der Waals surface area (Å²) >= 11 is 1.25. The number of rotatable bonds is 4. The number of aryl methyl sites for hydroxylation is 1. The number of aromatic amines is 1. The Kier molecular flexibility index (Phi) is 3.32. The molecule has 0 fully saturated rings. The molecule has 5 nitrogen and oxygen atoms in total. The molecule has 0 aliphatic carbocycles. The second kappa shape index (κ2) is 4.59. The lowest BCUT2D eigenvalue weighted by Crippen LogP contribution is -2.26. The summed E-state index contributed by atoms with van der Waals surface area (Å²) in [4.78, 5) is 7.87. The Morgan fingerprint density at radius 2 is 2.24 bits per heavy atom. The zero-order chi connectivity index (χ0) is 12.5. The molecule has 2 aromatic heterocycles. The van der Waals surface area contributed by atoms with Crippen LogP contribution in [0.15, 0.2) is 28.7 Å². The lowest BCUT2D eigenvalue weighted by Gasteiger charge is -2.10. The SMILES string of the molecule is Cc1ccc(S(=O)(=O)NC(C)c2ncc[nH]2)s1. The Morgan fingerprint density at radius 3 is 2.76 bits per heavy atom. The van der Waals surface area contributed by atoms with Crippen molar-refractivity contribution >= 4 is 21.4 Å². The lowest BCUT2D eigenvalue weighted by molar-refractivity contribution is 0.563. The topological polar surface area (TPSA) is 74.8 Å². The highest BCUT2D eigenvalue weighted by Crippen LogP contribution is 2.22. The Hall–Kier alpha value is -1.18. The first kappa shape index (κ1) is 12.3. The molecule has 2 aromatic rings. The summed E-state index contributed by atoms with van der Waals surface area (Å²) < 4.78 is 26.9. The molecule has 0 aromatic carbocycles. The Labute approximate surface area is 104 Å². The van der Waals surface area contributed by atoms with Crippen LogP contribution >= 0.6 is 11.3 Å². The van der Waals surface area contributed by atoms with Crippen molar-refractivity contribution in [1.82, 2.24) is 14.7 Å². The number of nitrogens with zero attached hydrogens (tertiary/aromatic N) is 1. The van der Waals surface area contributed by atoms with Crippen molar-refractivity contribution in [3.8, 4) is 0 Å². The molecule has 1 unspecified atom stereocenters. The molecule has 17 heavy (non-hydrogen) atoms. The van der Waals surface area contributed by atoms with Gasteiger partial charge in [0.15, 0.2) is 0 Å². The summed E-state index contributed by atoms with van der Waals surface area (Å²) in [7, 11) is -3.46. The maximum Gasteiger partial charge on any atom is 0.250 e. The molecule has 0 spiro atoms. The van der Waals surface area contributed by atoms with Gasteiger partial charge in [0, 0.05) is 17.3 Å². The van der Waals surface area contributed by atoms with Gasteiger partial charge in [0.05, 0.1) is 6.04 Å². The first-order valence-electron chi connectivity index (χ1n) is 5.07. The maximum absolute atomic E-state index is 12.0. The molecule has 1 atom stereocenters. The third-order valence-electron chi connectivity index (χ3n) is 2.24. The van der Waals surface area contributed by atoms with Gasteiger partial charge in [-0.15, -0.1) is 11.3 Å². The zero-order valence-corrected chi connectivity index (χ0v) is 11.1. The van der Waals surface area contributed by atoms with Gasteiger partial charge in [-0.2, -0.15) is 0 Å². The number of hydrogen-bond donors (Lipinski definition) is 2. The van der Waals surface area contributed by atoms with Crippen LogP contribution in [0.1, 0.15) is 23.7 Å². The number of imidazole rings is 1. The minimum atomic E-state index is -3.46. The van der Waals surface area contributed by atoms with Crippen LogP contribution < -0.4 is 4.72 Å². The molecule has 7 heteroatoms. The van der Waals surface area contributed by atoms with E-state index in [1.807, 2.05) is 6.92 Å². The van der Waals surface area contributed by atoms with E-state index < -0.39 is 10.0 Å². The van der Waals surface area contributed by atoms with Gasteiger partial charge in [-0.3, -0.25) is 0 Å². The summed E-state index contributed by atoms with van der Waals surface area (Å²) in [6, 6.07) is 3.02. The molecule has 0 aliphatic rings. The largest absolute Gasteiger partial charge is 0.347 e. The standard InChI is InChI=1S/C10H13N3O2S2/c1-7-3-4-9(16-7)17(14,15)13-8(2)10-11-5-6-12-10/h3-6,8,13H,1-2H3,(H,11,12). The molecular formula is C10H13N3O2S2. The fraction of sp³-hybridized carbons (Fsp3) is 0.300. The fourth-order valence-corrected chi connectivity index (χ4v) is 3.92. The summed E-state index contributed by atoms with van der Waals surface area (Å²) in [5.41, 5.74) is 0. The normalized spacial score (nSPS) is 13.8. The van der Waals surface area contributed by atoms with E-state index in [9.17, 15) is 8.42 Å². The summed E-state index contributed by atoms with van der Waals surface area (Å²) in [6.45, 7) is 3.62. The van der Waals surface area contributed by atoms with Crippen molar-refractivity contribution in [2.24, 2.45) is 0 Å². The monoisotopic (exact) mass is 271 g/mol. The van der Waals surface area contributed by atoms with Crippen molar-refractivity contribution < 1.29 is 8.42 Å². The minimum absolute atomic E-state index is 0.327. The highest BCUT2D eigenvalue weighted by Gasteiger charge is 2.20. The van der Waals surface area contributed by atoms with E-state index in [1.54, 1.807) is 31.5 Å². The predicted octanol–water partition coefficient (Wildman–Crippen LogP) is 1.82. The second-order valence-electron chi connectivity index (χ2n) is 3.68. The lowest BCUT2D eigenvalue weighted by atomic mass is 10.3. The molecule has 2 rings (SSSR count). The van der Waals surface area contributed by atoms with Gasteiger partial charge in [-0.05, 0) is 26.0 Å². The number of hydrogen-bond acceptors (Lipinski definition) is 4. The van der Waals surface area contributed by atoms with Crippen LogP contribution in [-0.2, 0) is 10.0 Å². The molecule has 0 saturated carbocycles. The van der Waals surface area contributed by atoms with Gasteiger partial charge in [0.1, 0.15) is 10.0 Å². The van der Waals surface area contributed by atoms with Crippen molar-refractivity contribution in [3.05, 3.63) is 35.2 Å².